The number of carbonyl (C=O) groups is 1. The standard InChI is InChI=1S/C19H17BrN4OS/c1-3-11-4-6-12(7-5-11)17-21-15-9-8-13(20)10-14(15)16-18(25)22-19(26-2)23-24(16)17/h4-10,17H,3H2,1-2H3,(H,22,23,25). The van der Waals surface area contributed by atoms with Gasteiger partial charge in [-0.25, -0.2) is 5.01 Å². The fourth-order valence-electron chi connectivity index (χ4n) is 3.09. The minimum absolute atomic E-state index is 0.159. The van der Waals surface area contributed by atoms with E-state index in [9.17, 15) is 4.79 Å². The van der Waals surface area contributed by atoms with E-state index in [0.717, 1.165) is 27.0 Å². The summed E-state index contributed by atoms with van der Waals surface area (Å²) in [6, 6.07) is 14.1. The van der Waals surface area contributed by atoms with Gasteiger partial charge in [0.15, 0.2) is 11.3 Å². The second kappa shape index (κ2) is 6.89. The summed E-state index contributed by atoms with van der Waals surface area (Å²) in [4.78, 5) is 17.7. The number of benzene rings is 2. The molecule has 5 nitrogen and oxygen atoms in total. The number of halogens is 1. The maximum Gasteiger partial charge on any atom is 0.276 e. The number of nitrogens with one attached hydrogen (secondary N) is 1. The number of thioether (sulfide) groups is 1. The molecule has 0 bridgehead atoms. The number of hydrazone groups is 1. The smallest absolute Gasteiger partial charge is 0.276 e. The van der Waals surface area contributed by atoms with Gasteiger partial charge in [-0.05, 0) is 42.0 Å². The molecule has 0 aliphatic carbocycles. The van der Waals surface area contributed by atoms with E-state index in [-0.39, 0.29) is 12.1 Å². The molecule has 2 aromatic rings. The van der Waals surface area contributed by atoms with Crippen LogP contribution in [0.2, 0.25) is 0 Å². The second-order valence-corrected chi connectivity index (χ2v) is 7.73. The van der Waals surface area contributed by atoms with Gasteiger partial charge in [0.1, 0.15) is 5.70 Å². The van der Waals surface area contributed by atoms with Crippen molar-refractivity contribution in [2.75, 3.05) is 6.26 Å². The van der Waals surface area contributed by atoms with Crippen LogP contribution in [-0.4, -0.2) is 22.3 Å². The predicted octanol–water partition coefficient (Wildman–Crippen LogP) is 2.52. The lowest BCUT2D eigenvalue weighted by Crippen LogP contribution is -2.50. The number of fused-ring (bicyclic) bond motifs is 2. The minimum Gasteiger partial charge on any atom is -0.298 e. The van der Waals surface area contributed by atoms with Crippen LogP contribution in [0.15, 0.2) is 57.0 Å². The number of nitrogens with zero attached hydrogens (tertiary/aromatic N) is 3. The van der Waals surface area contributed by atoms with Gasteiger partial charge in [0.05, 0.1) is 5.36 Å². The topological polar surface area (TPSA) is 57.1 Å². The number of hydrogen-bond donors (Lipinski definition) is 1. The monoisotopic (exact) mass is 428 g/mol. The van der Waals surface area contributed by atoms with Crippen molar-refractivity contribution in [3.8, 4) is 0 Å². The van der Waals surface area contributed by atoms with Gasteiger partial charge in [-0.3, -0.25) is 15.1 Å². The Morgan fingerprint density at radius 3 is 2.69 bits per heavy atom. The first-order chi connectivity index (χ1) is 12.6. The summed E-state index contributed by atoms with van der Waals surface area (Å²) >= 11 is 4.89. The number of amides is 1. The molecule has 7 heteroatoms. The average molecular weight is 429 g/mol. The van der Waals surface area contributed by atoms with E-state index in [1.807, 2.05) is 24.5 Å². The Hall–Kier alpha value is -2.12. The Bertz CT molecular complexity index is 1030. The molecule has 1 unspecified atom stereocenters. The van der Waals surface area contributed by atoms with E-state index in [4.69, 9.17) is 4.99 Å². The highest BCUT2D eigenvalue weighted by Crippen LogP contribution is 2.30. The van der Waals surface area contributed by atoms with E-state index >= 15 is 0 Å². The molecule has 0 aromatic heterocycles. The Balaban J connectivity index is 1.95. The van der Waals surface area contributed by atoms with Crippen molar-refractivity contribution in [3.63, 3.8) is 0 Å². The van der Waals surface area contributed by atoms with E-state index in [0.29, 0.717) is 10.9 Å². The zero-order valence-electron chi connectivity index (χ0n) is 14.4. The van der Waals surface area contributed by atoms with Crippen molar-refractivity contribution >= 4 is 44.5 Å². The van der Waals surface area contributed by atoms with Gasteiger partial charge in [0.2, 0.25) is 0 Å². The molecule has 2 aromatic carbocycles. The van der Waals surface area contributed by atoms with Crippen LogP contribution in [0.5, 0.6) is 0 Å². The normalized spacial score (nSPS) is 18.5. The molecule has 2 aliphatic rings. The van der Waals surface area contributed by atoms with Crippen LogP contribution in [0.3, 0.4) is 0 Å². The van der Waals surface area contributed by atoms with E-state index in [1.165, 1.54) is 17.3 Å². The molecule has 2 heterocycles. The van der Waals surface area contributed by atoms with Crippen molar-refractivity contribution in [1.29, 1.82) is 0 Å². The molecule has 132 valence electrons. The SMILES string of the molecule is CCc1ccc(C2N=c3ccc(Br)cc3=C3C(=O)NC(SC)=NN32)cc1. The van der Waals surface area contributed by atoms with Crippen molar-refractivity contribution in [2.45, 2.75) is 19.5 Å². The highest BCUT2D eigenvalue weighted by Gasteiger charge is 2.34. The van der Waals surface area contributed by atoms with Gasteiger partial charge in [-0.15, -0.1) is 5.10 Å². The van der Waals surface area contributed by atoms with Crippen LogP contribution in [0.1, 0.15) is 24.2 Å². The third-order valence-electron chi connectivity index (χ3n) is 4.45. The quantitative estimate of drug-likeness (QED) is 0.799. The summed E-state index contributed by atoms with van der Waals surface area (Å²) in [7, 11) is 0. The van der Waals surface area contributed by atoms with Crippen LogP contribution >= 0.6 is 27.7 Å². The van der Waals surface area contributed by atoms with Crippen LogP contribution in [-0.2, 0) is 11.2 Å². The summed E-state index contributed by atoms with van der Waals surface area (Å²) in [5, 5.41) is 11.4. The minimum atomic E-state index is -0.363. The fraction of sp³-hybridized carbons (Fsp3) is 0.211. The Morgan fingerprint density at radius 1 is 1.23 bits per heavy atom. The molecule has 0 saturated heterocycles. The second-order valence-electron chi connectivity index (χ2n) is 6.02. The molecule has 0 spiro atoms. The summed E-state index contributed by atoms with van der Waals surface area (Å²) in [5.74, 6) is -0.159. The summed E-state index contributed by atoms with van der Waals surface area (Å²) in [6.07, 6.45) is 2.51. The summed E-state index contributed by atoms with van der Waals surface area (Å²) in [6.45, 7) is 2.13. The van der Waals surface area contributed by atoms with Crippen LogP contribution in [0, 0.1) is 0 Å². The Morgan fingerprint density at radius 2 is 2.00 bits per heavy atom. The number of rotatable bonds is 2. The van der Waals surface area contributed by atoms with Gasteiger partial charge < -0.3 is 0 Å². The molecule has 26 heavy (non-hydrogen) atoms. The van der Waals surface area contributed by atoms with Crippen molar-refractivity contribution in [2.24, 2.45) is 10.1 Å². The molecule has 0 saturated carbocycles. The Labute approximate surface area is 164 Å². The number of hydrogen-bond acceptors (Lipinski definition) is 5. The zero-order valence-corrected chi connectivity index (χ0v) is 16.8. The third-order valence-corrected chi connectivity index (χ3v) is 5.51. The number of aryl methyl sites for hydroxylation is 1. The largest absolute Gasteiger partial charge is 0.298 e. The molecule has 1 N–H and O–H groups in total. The molecule has 0 radical (unpaired) electrons. The fourth-order valence-corrected chi connectivity index (χ4v) is 3.81. The lowest BCUT2D eigenvalue weighted by molar-refractivity contribution is -0.116. The van der Waals surface area contributed by atoms with E-state index in [1.54, 1.807) is 5.01 Å². The maximum atomic E-state index is 12.8. The van der Waals surface area contributed by atoms with Crippen LogP contribution < -0.4 is 15.9 Å². The van der Waals surface area contributed by atoms with Crippen molar-refractivity contribution < 1.29 is 4.79 Å². The van der Waals surface area contributed by atoms with Gasteiger partial charge >= 0.3 is 0 Å². The highest BCUT2D eigenvalue weighted by atomic mass is 79.9. The van der Waals surface area contributed by atoms with Gasteiger partial charge in [-0.1, -0.05) is 58.9 Å². The van der Waals surface area contributed by atoms with E-state index in [2.05, 4.69) is 57.5 Å². The van der Waals surface area contributed by atoms with Gasteiger partial charge in [-0.2, -0.15) is 0 Å². The molecule has 1 atom stereocenters. The molecule has 4 rings (SSSR count). The number of carbonyl (C=O) groups excluding carboxylic acids is 1. The van der Waals surface area contributed by atoms with Gasteiger partial charge in [0, 0.05) is 9.69 Å². The molecular formula is C19H17BrN4OS. The predicted molar refractivity (Wildman–Crippen MR) is 108 cm³/mol. The first kappa shape index (κ1) is 17.3. The summed E-state index contributed by atoms with van der Waals surface area (Å²) < 4.78 is 0.900. The first-order valence-electron chi connectivity index (χ1n) is 8.30. The maximum absolute atomic E-state index is 12.8. The summed E-state index contributed by atoms with van der Waals surface area (Å²) in [5.41, 5.74) is 2.80. The zero-order chi connectivity index (χ0) is 18.3. The van der Waals surface area contributed by atoms with Gasteiger partial charge in [0.25, 0.3) is 5.91 Å². The van der Waals surface area contributed by atoms with Crippen molar-refractivity contribution in [3.05, 3.63) is 68.6 Å². The first-order valence-corrected chi connectivity index (χ1v) is 10.3. The average Bonchev–Trinajstić information content (AvgIpc) is 2.67. The van der Waals surface area contributed by atoms with E-state index < -0.39 is 0 Å². The highest BCUT2D eigenvalue weighted by molar-refractivity contribution is 9.10. The molecule has 1 amide bonds. The van der Waals surface area contributed by atoms with Crippen LogP contribution in [0.25, 0.3) is 5.70 Å². The number of amidine groups is 1. The molecular weight excluding hydrogens is 412 g/mol. The lowest BCUT2D eigenvalue weighted by Gasteiger charge is -2.34. The molecule has 2 aliphatic heterocycles. The van der Waals surface area contributed by atoms with Crippen LogP contribution in [0.4, 0.5) is 0 Å². The Kier molecular flexibility index (Phi) is 4.58. The lowest BCUT2D eigenvalue weighted by atomic mass is 10.1. The third kappa shape index (κ3) is 2.95. The van der Waals surface area contributed by atoms with Crippen molar-refractivity contribution in [1.82, 2.24) is 10.3 Å². The molecule has 0 fully saturated rings.